The highest BCUT2D eigenvalue weighted by atomic mass is 16.5. The molecule has 0 atom stereocenters. The van der Waals surface area contributed by atoms with Gasteiger partial charge in [-0.05, 0) is 42.3 Å². The minimum absolute atomic E-state index is 0.232. The summed E-state index contributed by atoms with van der Waals surface area (Å²) >= 11 is 0. The van der Waals surface area contributed by atoms with E-state index in [1.807, 2.05) is 6.07 Å². The third-order valence-electron chi connectivity index (χ3n) is 2.84. The molecule has 0 aromatic heterocycles. The first-order chi connectivity index (χ1) is 9.61. The fourth-order valence-electron chi connectivity index (χ4n) is 1.85. The van der Waals surface area contributed by atoms with Crippen LogP contribution in [0.25, 0.3) is 11.1 Å². The minimum Gasteiger partial charge on any atom is -0.478 e. The van der Waals surface area contributed by atoms with Crippen LogP contribution in [-0.4, -0.2) is 23.7 Å². The van der Waals surface area contributed by atoms with E-state index in [2.05, 4.69) is 0 Å². The van der Waals surface area contributed by atoms with Crippen LogP contribution in [-0.2, 0) is 4.74 Å². The molecule has 1 N–H and O–H groups in total. The Kier molecular flexibility index (Phi) is 4.15. The summed E-state index contributed by atoms with van der Waals surface area (Å²) in [5.74, 6) is -1.33. The maximum atomic E-state index is 11.7. The summed E-state index contributed by atoms with van der Waals surface area (Å²) in [5, 5.41) is 8.86. The zero-order valence-electron chi connectivity index (χ0n) is 11.0. The van der Waals surface area contributed by atoms with Gasteiger partial charge in [-0.25, -0.2) is 9.59 Å². The number of carboxylic acid groups (broad SMARTS) is 1. The predicted molar refractivity (Wildman–Crippen MR) is 74.8 cm³/mol. The largest absolute Gasteiger partial charge is 0.478 e. The number of esters is 1. The van der Waals surface area contributed by atoms with Crippen molar-refractivity contribution in [2.75, 3.05) is 6.61 Å². The van der Waals surface area contributed by atoms with Crippen LogP contribution >= 0.6 is 0 Å². The Morgan fingerprint density at radius 3 is 2.30 bits per heavy atom. The molecule has 0 aliphatic carbocycles. The number of hydrogen-bond donors (Lipinski definition) is 1. The van der Waals surface area contributed by atoms with Crippen molar-refractivity contribution in [1.29, 1.82) is 0 Å². The Morgan fingerprint density at radius 2 is 1.70 bits per heavy atom. The fourth-order valence-corrected chi connectivity index (χ4v) is 1.85. The lowest BCUT2D eigenvalue weighted by atomic mass is 10.0. The van der Waals surface area contributed by atoms with E-state index in [1.165, 1.54) is 12.1 Å². The van der Waals surface area contributed by atoms with Crippen LogP contribution in [0.4, 0.5) is 0 Å². The van der Waals surface area contributed by atoms with Crippen molar-refractivity contribution in [2.24, 2.45) is 0 Å². The zero-order valence-corrected chi connectivity index (χ0v) is 11.0. The Labute approximate surface area is 116 Å². The molecule has 0 fully saturated rings. The average molecular weight is 270 g/mol. The second kappa shape index (κ2) is 6.02. The van der Waals surface area contributed by atoms with Crippen LogP contribution in [0.2, 0.25) is 0 Å². The van der Waals surface area contributed by atoms with Crippen molar-refractivity contribution < 1.29 is 19.4 Å². The molecule has 0 radical (unpaired) electrons. The van der Waals surface area contributed by atoms with Gasteiger partial charge in [0.1, 0.15) is 0 Å². The summed E-state index contributed by atoms with van der Waals surface area (Å²) in [6.07, 6.45) is 0. The summed E-state index contributed by atoms with van der Waals surface area (Å²) < 4.78 is 4.95. The first-order valence-electron chi connectivity index (χ1n) is 6.22. The first-order valence-corrected chi connectivity index (χ1v) is 6.22. The molecule has 0 saturated carbocycles. The van der Waals surface area contributed by atoms with E-state index in [0.717, 1.165) is 11.1 Å². The molecule has 0 heterocycles. The van der Waals surface area contributed by atoms with Gasteiger partial charge in [-0.15, -0.1) is 0 Å². The maximum Gasteiger partial charge on any atom is 0.338 e. The molecule has 102 valence electrons. The summed E-state index contributed by atoms with van der Waals surface area (Å²) in [6, 6.07) is 13.6. The molecule has 0 spiro atoms. The maximum absolute atomic E-state index is 11.7. The van der Waals surface area contributed by atoms with Gasteiger partial charge < -0.3 is 9.84 Å². The Hall–Kier alpha value is -2.62. The Bertz CT molecular complexity index is 629. The molecule has 0 unspecified atom stereocenters. The highest BCUT2D eigenvalue weighted by Gasteiger charge is 2.08. The van der Waals surface area contributed by atoms with Crippen LogP contribution in [0, 0.1) is 0 Å². The number of carbonyl (C=O) groups excluding carboxylic acids is 1. The number of carboxylic acids is 1. The van der Waals surface area contributed by atoms with E-state index in [0.29, 0.717) is 12.2 Å². The summed E-state index contributed by atoms with van der Waals surface area (Å²) in [5.41, 5.74) is 2.40. The number of benzene rings is 2. The molecule has 2 aromatic carbocycles. The molecule has 20 heavy (non-hydrogen) atoms. The van der Waals surface area contributed by atoms with Crippen molar-refractivity contribution in [3.63, 3.8) is 0 Å². The monoisotopic (exact) mass is 270 g/mol. The number of ether oxygens (including phenoxy) is 1. The molecule has 4 nitrogen and oxygen atoms in total. The van der Waals surface area contributed by atoms with E-state index in [1.54, 1.807) is 37.3 Å². The van der Waals surface area contributed by atoms with E-state index < -0.39 is 5.97 Å². The number of hydrogen-bond acceptors (Lipinski definition) is 3. The molecule has 0 amide bonds. The van der Waals surface area contributed by atoms with Crippen molar-refractivity contribution in [1.82, 2.24) is 0 Å². The topological polar surface area (TPSA) is 63.6 Å². The van der Waals surface area contributed by atoms with E-state index in [4.69, 9.17) is 9.84 Å². The standard InChI is InChI=1S/C16H14O4/c1-2-20-16(19)14-5-3-4-13(10-14)11-6-8-12(9-7-11)15(17)18/h3-10H,2H2,1H3,(H,17,18). The van der Waals surface area contributed by atoms with E-state index in [-0.39, 0.29) is 11.5 Å². The minimum atomic E-state index is -0.961. The lowest BCUT2D eigenvalue weighted by Gasteiger charge is -2.06. The van der Waals surface area contributed by atoms with Gasteiger partial charge in [0.05, 0.1) is 17.7 Å². The van der Waals surface area contributed by atoms with Gasteiger partial charge in [-0.3, -0.25) is 0 Å². The van der Waals surface area contributed by atoms with Gasteiger partial charge in [0.25, 0.3) is 0 Å². The highest BCUT2D eigenvalue weighted by molar-refractivity contribution is 5.91. The first kappa shape index (κ1) is 13.8. The molecular weight excluding hydrogens is 256 g/mol. The summed E-state index contributed by atoms with van der Waals surface area (Å²) in [7, 11) is 0. The molecule has 4 heteroatoms. The highest BCUT2D eigenvalue weighted by Crippen LogP contribution is 2.21. The normalized spacial score (nSPS) is 10.1. The Morgan fingerprint density at radius 1 is 1.00 bits per heavy atom. The SMILES string of the molecule is CCOC(=O)c1cccc(-c2ccc(C(=O)O)cc2)c1. The van der Waals surface area contributed by atoms with E-state index >= 15 is 0 Å². The Balaban J connectivity index is 2.31. The van der Waals surface area contributed by atoms with E-state index in [9.17, 15) is 9.59 Å². The number of aromatic carboxylic acids is 1. The van der Waals surface area contributed by atoms with Crippen molar-refractivity contribution >= 4 is 11.9 Å². The summed E-state index contributed by atoms with van der Waals surface area (Å²) in [6.45, 7) is 2.09. The molecule has 0 saturated heterocycles. The van der Waals surface area contributed by atoms with Gasteiger partial charge in [-0.1, -0.05) is 24.3 Å². The summed E-state index contributed by atoms with van der Waals surface area (Å²) in [4.78, 5) is 22.5. The van der Waals surface area contributed by atoms with Crippen molar-refractivity contribution in [3.05, 3.63) is 59.7 Å². The smallest absolute Gasteiger partial charge is 0.338 e. The van der Waals surface area contributed by atoms with Crippen LogP contribution in [0.5, 0.6) is 0 Å². The molecule has 2 rings (SSSR count). The quantitative estimate of drug-likeness (QED) is 0.866. The van der Waals surface area contributed by atoms with Crippen LogP contribution in [0.3, 0.4) is 0 Å². The van der Waals surface area contributed by atoms with Crippen molar-refractivity contribution in [2.45, 2.75) is 6.92 Å². The molecule has 0 aliphatic rings. The number of carbonyl (C=O) groups is 2. The average Bonchev–Trinajstić information content (AvgIpc) is 2.48. The van der Waals surface area contributed by atoms with Crippen LogP contribution in [0.1, 0.15) is 27.6 Å². The van der Waals surface area contributed by atoms with Crippen LogP contribution in [0.15, 0.2) is 48.5 Å². The molecular formula is C16H14O4. The predicted octanol–water partition coefficient (Wildman–Crippen LogP) is 3.23. The second-order valence-corrected chi connectivity index (χ2v) is 4.18. The fraction of sp³-hybridized carbons (Fsp3) is 0.125. The third-order valence-corrected chi connectivity index (χ3v) is 2.84. The third kappa shape index (κ3) is 3.03. The lowest BCUT2D eigenvalue weighted by molar-refractivity contribution is 0.0526. The second-order valence-electron chi connectivity index (χ2n) is 4.18. The van der Waals surface area contributed by atoms with Gasteiger partial charge in [-0.2, -0.15) is 0 Å². The zero-order chi connectivity index (χ0) is 14.5. The van der Waals surface area contributed by atoms with Gasteiger partial charge in [0, 0.05) is 0 Å². The number of rotatable bonds is 4. The van der Waals surface area contributed by atoms with Crippen LogP contribution < -0.4 is 0 Å². The molecule has 0 aliphatic heterocycles. The van der Waals surface area contributed by atoms with Gasteiger partial charge in [0.2, 0.25) is 0 Å². The van der Waals surface area contributed by atoms with Crippen molar-refractivity contribution in [3.8, 4) is 11.1 Å². The lowest BCUT2D eigenvalue weighted by Crippen LogP contribution is -2.04. The van der Waals surface area contributed by atoms with Gasteiger partial charge in [0.15, 0.2) is 0 Å². The molecule has 0 bridgehead atoms. The van der Waals surface area contributed by atoms with Gasteiger partial charge >= 0.3 is 11.9 Å². The molecule has 2 aromatic rings.